The fourth-order valence-corrected chi connectivity index (χ4v) is 6.83. The van der Waals surface area contributed by atoms with Crippen LogP contribution in [0.1, 0.15) is 55.9 Å². The van der Waals surface area contributed by atoms with Crippen LogP contribution < -0.4 is 19.9 Å². The number of amides is 5. The van der Waals surface area contributed by atoms with E-state index >= 15 is 0 Å². The predicted octanol–water partition coefficient (Wildman–Crippen LogP) is 5.29. The highest BCUT2D eigenvalue weighted by molar-refractivity contribution is 6.23. The van der Waals surface area contributed by atoms with E-state index in [0.717, 1.165) is 16.9 Å². The molecule has 0 radical (unpaired) electrons. The lowest BCUT2D eigenvalue weighted by Gasteiger charge is -2.31. The van der Waals surface area contributed by atoms with Gasteiger partial charge >= 0.3 is 0 Å². The highest BCUT2D eigenvalue weighted by Gasteiger charge is 2.47. The highest BCUT2D eigenvalue weighted by atomic mass is 16.5. The molecule has 1 saturated carbocycles. The molecule has 2 atom stereocenters. The Labute approximate surface area is 271 Å². The van der Waals surface area contributed by atoms with Gasteiger partial charge in [0.05, 0.1) is 42.1 Å². The molecule has 47 heavy (non-hydrogen) atoms. The number of ether oxygens (including phenoxy) is 1. The van der Waals surface area contributed by atoms with Gasteiger partial charge in [-0.1, -0.05) is 42.8 Å². The van der Waals surface area contributed by atoms with Crippen LogP contribution in [0.2, 0.25) is 0 Å². The molecule has 7 rings (SSSR count). The van der Waals surface area contributed by atoms with Gasteiger partial charge in [0.25, 0.3) is 17.7 Å². The summed E-state index contributed by atoms with van der Waals surface area (Å²) in [6, 6.07) is 27.6. The number of imide groups is 1. The van der Waals surface area contributed by atoms with Crippen LogP contribution in [0.25, 0.3) is 0 Å². The van der Waals surface area contributed by atoms with Crippen molar-refractivity contribution in [3.63, 3.8) is 0 Å². The zero-order valence-corrected chi connectivity index (χ0v) is 25.7. The van der Waals surface area contributed by atoms with Gasteiger partial charge in [0, 0.05) is 17.3 Å². The van der Waals surface area contributed by atoms with Crippen molar-refractivity contribution in [1.82, 2.24) is 4.90 Å². The SMILES string of the molecule is COc1ccc(C(=O)Nc2ccc(CN3C(=O)[C@H]4CCC[C@H]4N(C(=O)CN4C(=O)c5ccccc5C4=O)c4ccccc43)cc2)cc1. The predicted molar refractivity (Wildman–Crippen MR) is 175 cm³/mol. The Morgan fingerprint density at radius 1 is 0.766 bits per heavy atom. The molecule has 2 aliphatic heterocycles. The van der Waals surface area contributed by atoms with Gasteiger partial charge in [0.2, 0.25) is 11.8 Å². The molecule has 3 aliphatic rings. The Balaban J connectivity index is 1.13. The average Bonchev–Trinajstić information content (AvgIpc) is 3.65. The monoisotopic (exact) mass is 628 g/mol. The third-order valence-electron chi connectivity index (χ3n) is 9.17. The summed E-state index contributed by atoms with van der Waals surface area (Å²) < 4.78 is 5.16. The summed E-state index contributed by atoms with van der Waals surface area (Å²) in [5.41, 5.74) is 3.67. The number of nitrogens with one attached hydrogen (secondary N) is 1. The van der Waals surface area contributed by atoms with Gasteiger partial charge in [0.15, 0.2) is 0 Å². The van der Waals surface area contributed by atoms with Crippen LogP contribution in [0, 0.1) is 5.92 Å². The van der Waals surface area contributed by atoms with E-state index < -0.39 is 36.2 Å². The Morgan fingerprint density at radius 3 is 2.06 bits per heavy atom. The van der Waals surface area contributed by atoms with Gasteiger partial charge in [-0.05, 0) is 79.1 Å². The highest BCUT2D eigenvalue weighted by Crippen LogP contribution is 2.43. The number of methoxy groups -OCH3 is 1. The van der Waals surface area contributed by atoms with Crippen LogP contribution in [-0.4, -0.2) is 54.1 Å². The number of carbonyl (C=O) groups excluding carboxylic acids is 5. The van der Waals surface area contributed by atoms with Crippen molar-refractivity contribution in [2.45, 2.75) is 31.8 Å². The Bertz CT molecular complexity index is 1870. The Morgan fingerprint density at radius 2 is 1.40 bits per heavy atom. The molecule has 10 nitrogen and oxygen atoms in total. The van der Waals surface area contributed by atoms with Crippen LogP contribution in [-0.2, 0) is 16.1 Å². The molecule has 2 heterocycles. The van der Waals surface area contributed by atoms with Gasteiger partial charge in [-0.25, -0.2) is 0 Å². The van der Waals surface area contributed by atoms with Crippen LogP contribution in [0.4, 0.5) is 17.1 Å². The van der Waals surface area contributed by atoms with Crippen LogP contribution in [0.5, 0.6) is 5.75 Å². The first-order chi connectivity index (χ1) is 22.8. The number of rotatable bonds is 7. The first-order valence-corrected chi connectivity index (χ1v) is 15.6. The van der Waals surface area contributed by atoms with Crippen molar-refractivity contribution in [2.24, 2.45) is 5.92 Å². The minimum absolute atomic E-state index is 0.0761. The molecule has 1 aliphatic carbocycles. The minimum Gasteiger partial charge on any atom is -0.497 e. The number of fused-ring (bicyclic) bond motifs is 3. The fraction of sp³-hybridized carbons (Fsp3) is 0.216. The van der Waals surface area contributed by atoms with E-state index in [1.54, 1.807) is 77.6 Å². The number of benzene rings is 4. The van der Waals surface area contributed by atoms with Crippen molar-refractivity contribution in [3.05, 3.63) is 119 Å². The maximum atomic E-state index is 14.2. The van der Waals surface area contributed by atoms with Gasteiger partial charge < -0.3 is 19.9 Å². The van der Waals surface area contributed by atoms with E-state index in [-0.39, 0.29) is 29.5 Å². The zero-order valence-electron chi connectivity index (χ0n) is 25.7. The molecule has 4 aromatic rings. The van der Waals surface area contributed by atoms with E-state index in [1.165, 1.54) is 0 Å². The Kier molecular flexibility index (Phi) is 7.77. The number of para-hydroxylation sites is 2. The summed E-state index contributed by atoms with van der Waals surface area (Å²) in [6.07, 6.45) is 2.03. The Hall–Kier alpha value is -5.77. The summed E-state index contributed by atoms with van der Waals surface area (Å²) in [4.78, 5) is 71.6. The van der Waals surface area contributed by atoms with Gasteiger partial charge in [0.1, 0.15) is 12.3 Å². The van der Waals surface area contributed by atoms with E-state index in [2.05, 4.69) is 5.32 Å². The molecule has 0 saturated heterocycles. The van der Waals surface area contributed by atoms with E-state index in [4.69, 9.17) is 4.74 Å². The number of hydrogen-bond donors (Lipinski definition) is 1. The first kappa shape index (κ1) is 29.9. The average molecular weight is 629 g/mol. The maximum Gasteiger partial charge on any atom is 0.262 e. The largest absolute Gasteiger partial charge is 0.497 e. The van der Waals surface area contributed by atoms with Crippen molar-refractivity contribution < 1.29 is 28.7 Å². The summed E-state index contributed by atoms with van der Waals surface area (Å²) in [5.74, 6) is -1.50. The van der Waals surface area contributed by atoms with Crippen molar-refractivity contribution in [2.75, 3.05) is 28.8 Å². The number of carbonyl (C=O) groups is 5. The second-order valence-corrected chi connectivity index (χ2v) is 11.9. The van der Waals surface area contributed by atoms with Crippen molar-refractivity contribution in [3.8, 4) is 5.75 Å². The van der Waals surface area contributed by atoms with Crippen LogP contribution >= 0.6 is 0 Å². The van der Waals surface area contributed by atoms with Gasteiger partial charge in [-0.2, -0.15) is 0 Å². The molecule has 5 amide bonds. The summed E-state index contributed by atoms with van der Waals surface area (Å²) >= 11 is 0. The lowest BCUT2D eigenvalue weighted by Crippen LogP contribution is -2.49. The molecular formula is C37H32N4O6. The van der Waals surface area contributed by atoms with E-state index in [0.29, 0.717) is 41.2 Å². The number of nitrogens with zero attached hydrogens (tertiary/aromatic N) is 3. The number of hydrogen-bond acceptors (Lipinski definition) is 6. The van der Waals surface area contributed by atoms with Crippen molar-refractivity contribution >= 4 is 46.6 Å². The standard InChI is InChI=1S/C37H32N4O6/c1-47-26-19-15-24(16-20-26)34(43)38-25-17-13-23(14-18-25)21-39-31-10-4-5-11-32(31)41(30-12-6-9-29(30)37(39)46)33(42)22-40-35(44)27-7-2-3-8-28(27)36(40)45/h2-5,7-8,10-11,13-20,29-30H,6,9,12,21-22H2,1H3,(H,38,43)/t29-,30+/m0/s1. The molecule has 0 spiro atoms. The van der Waals surface area contributed by atoms with E-state index in [1.807, 2.05) is 36.4 Å². The minimum atomic E-state index is -0.494. The fourth-order valence-electron chi connectivity index (χ4n) is 6.83. The normalized spacial score (nSPS) is 18.4. The topological polar surface area (TPSA) is 116 Å². The first-order valence-electron chi connectivity index (χ1n) is 15.6. The third-order valence-corrected chi connectivity index (χ3v) is 9.17. The van der Waals surface area contributed by atoms with Gasteiger partial charge in [-0.3, -0.25) is 28.9 Å². The molecule has 1 fully saturated rings. The molecule has 0 unspecified atom stereocenters. The molecule has 4 aromatic carbocycles. The lowest BCUT2D eigenvalue weighted by molar-refractivity contribution is -0.123. The van der Waals surface area contributed by atoms with Crippen LogP contribution in [0.15, 0.2) is 97.1 Å². The molecule has 1 N–H and O–H groups in total. The third kappa shape index (κ3) is 5.41. The molecule has 236 valence electrons. The maximum absolute atomic E-state index is 14.2. The van der Waals surface area contributed by atoms with E-state index in [9.17, 15) is 24.0 Å². The second kappa shape index (κ2) is 12.2. The molecule has 0 aromatic heterocycles. The smallest absolute Gasteiger partial charge is 0.262 e. The molecular weight excluding hydrogens is 596 g/mol. The number of anilines is 3. The van der Waals surface area contributed by atoms with Crippen molar-refractivity contribution in [1.29, 1.82) is 0 Å². The van der Waals surface area contributed by atoms with Gasteiger partial charge in [-0.15, -0.1) is 0 Å². The summed E-state index contributed by atoms with van der Waals surface area (Å²) in [7, 11) is 1.57. The molecule has 10 heteroatoms. The summed E-state index contributed by atoms with van der Waals surface area (Å²) in [6.45, 7) is -0.159. The lowest BCUT2D eigenvalue weighted by atomic mass is 10.0. The second-order valence-electron chi connectivity index (χ2n) is 11.9. The van der Waals surface area contributed by atoms with Crippen LogP contribution in [0.3, 0.4) is 0 Å². The zero-order chi connectivity index (χ0) is 32.7. The summed E-state index contributed by atoms with van der Waals surface area (Å²) in [5, 5.41) is 2.89. The quantitative estimate of drug-likeness (QED) is 0.278. The molecule has 0 bridgehead atoms.